The molecule has 0 aliphatic heterocycles. The van der Waals surface area contributed by atoms with E-state index in [1.165, 1.54) is 5.56 Å². The summed E-state index contributed by atoms with van der Waals surface area (Å²) in [5.41, 5.74) is 14.6. The zero-order valence-corrected chi connectivity index (χ0v) is 17.8. The van der Waals surface area contributed by atoms with Gasteiger partial charge in [-0.15, -0.1) is 0 Å². The van der Waals surface area contributed by atoms with Crippen LogP contribution in [-0.2, 0) is 19.4 Å². The van der Waals surface area contributed by atoms with Crippen molar-refractivity contribution in [3.8, 4) is 22.4 Å². The van der Waals surface area contributed by atoms with E-state index in [0.29, 0.717) is 6.54 Å². The normalized spacial score (nSPS) is 11.0. The number of pyridine rings is 3. The summed E-state index contributed by atoms with van der Waals surface area (Å²) in [7, 11) is 0. The zero-order chi connectivity index (χ0) is 21.8. The van der Waals surface area contributed by atoms with Crippen LogP contribution in [0.3, 0.4) is 0 Å². The Hall–Kier alpha value is -3.89. The smallest absolute Gasteiger partial charge is 0.167 e. The van der Waals surface area contributed by atoms with Crippen molar-refractivity contribution in [2.45, 2.75) is 19.4 Å². The van der Waals surface area contributed by atoms with Crippen molar-refractivity contribution < 1.29 is 4.98 Å². The van der Waals surface area contributed by atoms with Crippen molar-refractivity contribution >= 4 is 10.9 Å². The molecule has 4 heteroatoms. The van der Waals surface area contributed by atoms with Crippen LogP contribution < -0.4 is 10.7 Å². The fourth-order valence-electron chi connectivity index (χ4n) is 4.06. The van der Waals surface area contributed by atoms with Gasteiger partial charge in [0.1, 0.15) is 0 Å². The third-order valence-corrected chi connectivity index (χ3v) is 5.81. The lowest BCUT2D eigenvalue weighted by molar-refractivity contribution is -0.378. The SMILES string of the molecule is NCc1ccc(-c2nc3ccnc(CCc4cc[nH+]cc4)c3cc2-c2ccccc2)cc1. The van der Waals surface area contributed by atoms with Gasteiger partial charge in [-0.1, -0.05) is 54.6 Å². The van der Waals surface area contributed by atoms with Crippen molar-refractivity contribution in [1.82, 2.24) is 9.97 Å². The van der Waals surface area contributed by atoms with Gasteiger partial charge in [0.25, 0.3) is 0 Å². The lowest BCUT2D eigenvalue weighted by Gasteiger charge is -2.14. The average Bonchev–Trinajstić information content (AvgIpc) is 2.88. The average molecular weight is 418 g/mol. The quantitative estimate of drug-likeness (QED) is 0.422. The Kier molecular flexibility index (Phi) is 5.69. The first-order valence-corrected chi connectivity index (χ1v) is 10.9. The Morgan fingerprint density at radius 2 is 1.53 bits per heavy atom. The van der Waals surface area contributed by atoms with Gasteiger partial charge < -0.3 is 5.73 Å². The van der Waals surface area contributed by atoms with Crippen LogP contribution in [0.4, 0.5) is 0 Å². The standard InChI is InChI=1S/C28H24N4/c29-19-21-6-9-23(10-7-21)28-24(22-4-2-1-3-5-22)18-25-26(31-17-14-27(25)32-28)11-8-20-12-15-30-16-13-20/h1-7,9-10,12-18H,8,11,19,29H2/p+1. The summed E-state index contributed by atoms with van der Waals surface area (Å²) >= 11 is 0. The molecule has 0 saturated carbocycles. The van der Waals surface area contributed by atoms with Gasteiger partial charge in [-0.3, -0.25) is 4.98 Å². The maximum atomic E-state index is 5.80. The molecule has 0 radical (unpaired) electrons. The molecule has 5 rings (SSSR count). The number of aryl methyl sites for hydroxylation is 2. The maximum absolute atomic E-state index is 5.80. The van der Waals surface area contributed by atoms with Crippen LogP contribution in [0.1, 0.15) is 16.8 Å². The molecule has 0 spiro atoms. The Morgan fingerprint density at radius 1 is 0.750 bits per heavy atom. The lowest BCUT2D eigenvalue weighted by atomic mass is 9.96. The second-order valence-electron chi connectivity index (χ2n) is 7.88. The number of fused-ring (bicyclic) bond motifs is 1. The fourth-order valence-corrected chi connectivity index (χ4v) is 4.06. The molecule has 0 bridgehead atoms. The number of hydrogen-bond donors (Lipinski definition) is 1. The molecule has 0 unspecified atom stereocenters. The molecule has 32 heavy (non-hydrogen) atoms. The van der Waals surface area contributed by atoms with Crippen molar-refractivity contribution in [3.05, 3.63) is 114 Å². The highest BCUT2D eigenvalue weighted by molar-refractivity contribution is 5.92. The van der Waals surface area contributed by atoms with Gasteiger partial charge in [0.2, 0.25) is 0 Å². The summed E-state index contributed by atoms with van der Waals surface area (Å²) in [6, 6.07) is 27.3. The van der Waals surface area contributed by atoms with E-state index >= 15 is 0 Å². The predicted octanol–water partition coefficient (Wildman–Crippen LogP) is 5.02. The molecule has 2 aromatic carbocycles. The number of nitrogens with one attached hydrogen (secondary N) is 1. The van der Waals surface area contributed by atoms with E-state index in [2.05, 4.69) is 71.7 Å². The van der Waals surface area contributed by atoms with Gasteiger partial charge >= 0.3 is 0 Å². The van der Waals surface area contributed by atoms with Gasteiger partial charge in [0.15, 0.2) is 12.4 Å². The van der Waals surface area contributed by atoms with Gasteiger partial charge in [0, 0.05) is 41.4 Å². The fraction of sp³-hybridized carbons (Fsp3) is 0.107. The number of nitrogens with two attached hydrogens (primary N) is 1. The summed E-state index contributed by atoms with van der Waals surface area (Å²) in [4.78, 5) is 12.9. The van der Waals surface area contributed by atoms with Crippen molar-refractivity contribution in [3.63, 3.8) is 0 Å². The first-order chi connectivity index (χ1) is 15.8. The van der Waals surface area contributed by atoms with Crippen LogP contribution in [0, 0.1) is 0 Å². The van der Waals surface area contributed by atoms with Gasteiger partial charge in [0.05, 0.1) is 16.9 Å². The van der Waals surface area contributed by atoms with E-state index in [1.54, 1.807) is 0 Å². The van der Waals surface area contributed by atoms with E-state index in [-0.39, 0.29) is 0 Å². The van der Waals surface area contributed by atoms with E-state index < -0.39 is 0 Å². The number of nitrogens with zero attached hydrogens (tertiary/aromatic N) is 2. The number of aromatic nitrogens is 3. The highest BCUT2D eigenvalue weighted by Crippen LogP contribution is 2.34. The molecule has 0 atom stereocenters. The molecule has 0 fully saturated rings. The molecule has 5 aromatic rings. The van der Waals surface area contributed by atoms with Crippen molar-refractivity contribution in [2.75, 3.05) is 0 Å². The monoisotopic (exact) mass is 417 g/mol. The molecule has 3 aromatic heterocycles. The molecule has 156 valence electrons. The number of benzene rings is 2. The van der Waals surface area contributed by atoms with Gasteiger partial charge in [-0.25, -0.2) is 9.97 Å². The minimum atomic E-state index is 0.533. The molecular formula is C28H25N4+. The van der Waals surface area contributed by atoms with Crippen LogP contribution in [0.2, 0.25) is 0 Å². The molecule has 3 N–H and O–H groups in total. The summed E-state index contributed by atoms with van der Waals surface area (Å²) in [5.74, 6) is 0. The number of H-pyrrole nitrogens is 1. The van der Waals surface area contributed by atoms with E-state index in [1.807, 2.05) is 30.7 Å². The highest BCUT2D eigenvalue weighted by Gasteiger charge is 2.14. The minimum absolute atomic E-state index is 0.533. The van der Waals surface area contributed by atoms with E-state index in [4.69, 9.17) is 15.7 Å². The topological polar surface area (TPSA) is 65.9 Å². The first-order valence-electron chi connectivity index (χ1n) is 10.9. The Balaban J connectivity index is 1.63. The van der Waals surface area contributed by atoms with Crippen LogP contribution in [-0.4, -0.2) is 9.97 Å². The Morgan fingerprint density at radius 3 is 2.28 bits per heavy atom. The third kappa shape index (κ3) is 4.13. The van der Waals surface area contributed by atoms with E-state index in [0.717, 1.165) is 57.4 Å². The Bertz CT molecular complexity index is 1330. The van der Waals surface area contributed by atoms with Crippen LogP contribution in [0.25, 0.3) is 33.3 Å². The third-order valence-electron chi connectivity index (χ3n) is 5.81. The first kappa shape index (κ1) is 20.0. The second-order valence-corrected chi connectivity index (χ2v) is 7.88. The van der Waals surface area contributed by atoms with E-state index in [9.17, 15) is 0 Å². The maximum Gasteiger partial charge on any atom is 0.167 e. The van der Waals surface area contributed by atoms with Gasteiger partial charge in [-0.05, 0) is 41.7 Å². The van der Waals surface area contributed by atoms with Crippen LogP contribution >= 0.6 is 0 Å². The molecule has 0 amide bonds. The number of rotatable bonds is 6. The lowest BCUT2D eigenvalue weighted by Crippen LogP contribution is -2.02. The summed E-state index contributed by atoms with van der Waals surface area (Å²) in [6.45, 7) is 0.533. The summed E-state index contributed by atoms with van der Waals surface area (Å²) < 4.78 is 0. The number of aromatic amines is 1. The minimum Gasteiger partial charge on any atom is -0.326 e. The molecule has 4 nitrogen and oxygen atoms in total. The molecule has 3 heterocycles. The largest absolute Gasteiger partial charge is 0.326 e. The molecule has 0 aliphatic carbocycles. The summed E-state index contributed by atoms with van der Waals surface area (Å²) in [6.07, 6.45) is 7.59. The van der Waals surface area contributed by atoms with Crippen LogP contribution in [0.5, 0.6) is 0 Å². The predicted molar refractivity (Wildman–Crippen MR) is 129 cm³/mol. The van der Waals surface area contributed by atoms with Crippen LogP contribution in [0.15, 0.2) is 97.5 Å². The van der Waals surface area contributed by atoms with Crippen molar-refractivity contribution in [1.29, 1.82) is 0 Å². The zero-order valence-electron chi connectivity index (χ0n) is 17.8. The molecule has 0 aliphatic rings. The van der Waals surface area contributed by atoms with Crippen molar-refractivity contribution in [2.24, 2.45) is 5.73 Å². The number of hydrogen-bond acceptors (Lipinski definition) is 3. The molecule has 0 saturated heterocycles. The Labute approximate surface area is 187 Å². The highest BCUT2D eigenvalue weighted by atomic mass is 14.7. The summed E-state index contributed by atoms with van der Waals surface area (Å²) in [5, 5.41) is 1.11. The second kappa shape index (κ2) is 9.08. The molecular weight excluding hydrogens is 392 g/mol. The van der Waals surface area contributed by atoms with Gasteiger partial charge in [-0.2, -0.15) is 0 Å².